The summed E-state index contributed by atoms with van der Waals surface area (Å²) >= 11 is 0. The first-order valence-electron chi connectivity index (χ1n) is 8.31. The second kappa shape index (κ2) is 7.86. The first-order valence-corrected chi connectivity index (χ1v) is 8.31. The number of hydrogen-bond acceptors (Lipinski definition) is 5. The van der Waals surface area contributed by atoms with Gasteiger partial charge in [-0.3, -0.25) is 14.6 Å². The van der Waals surface area contributed by atoms with Crippen LogP contribution in [0.4, 0.5) is 5.69 Å². The number of carbonyl (C=O) groups excluding carboxylic acids is 2. The molecule has 136 valence electrons. The molecule has 1 atom stereocenters. The maximum absolute atomic E-state index is 12.6. The van der Waals surface area contributed by atoms with Gasteiger partial charge < -0.3 is 19.7 Å². The number of aromatic nitrogens is 1. The van der Waals surface area contributed by atoms with Gasteiger partial charge in [0, 0.05) is 25.2 Å². The molecule has 26 heavy (non-hydrogen) atoms. The van der Waals surface area contributed by atoms with Crippen LogP contribution in [0.5, 0.6) is 11.5 Å². The molecule has 0 saturated carbocycles. The highest BCUT2D eigenvalue weighted by molar-refractivity contribution is 5.98. The van der Waals surface area contributed by atoms with Crippen molar-refractivity contribution < 1.29 is 19.1 Å². The molecule has 1 aromatic heterocycles. The fraction of sp³-hybridized carbons (Fsp3) is 0.316. The van der Waals surface area contributed by atoms with Crippen LogP contribution < -0.4 is 14.8 Å². The minimum atomic E-state index is -0.415. The molecule has 2 heterocycles. The second-order valence-electron chi connectivity index (χ2n) is 6.05. The highest BCUT2D eigenvalue weighted by atomic mass is 16.5. The summed E-state index contributed by atoms with van der Waals surface area (Å²) in [4.78, 5) is 30.8. The first kappa shape index (κ1) is 17.7. The Hall–Kier alpha value is -3.09. The molecule has 0 spiro atoms. The minimum Gasteiger partial charge on any atom is -0.497 e. The molecule has 1 saturated heterocycles. The fourth-order valence-electron chi connectivity index (χ4n) is 2.93. The fourth-order valence-corrected chi connectivity index (χ4v) is 2.93. The van der Waals surface area contributed by atoms with Gasteiger partial charge in [-0.05, 0) is 24.3 Å². The summed E-state index contributed by atoms with van der Waals surface area (Å²) in [6.45, 7) is 0.777. The highest BCUT2D eigenvalue weighted by Crippen LogP contribution is 2.30. The SMILES string of the molecule is COc1ccc(OC)c(NC(=O)C2CC(=O)N(Cc3ccccn3)C2)c1. The zero-order chi connectivity index (χ0) is 18.5. The van der Waals surface area contributed by atoms with Gasteiger partial charge in [-0.25, -0.2) is 0 Å². The molecule has 2 aromatic rings. The predicted molar refractivity (Wildman–Crippen MR) is 95.9 cm³/mol. The molecule has 1 aliphatic rings. The van der Waals surface area contributed by atoms with Crippen LogP contribution in [0.2, 0.25) is 0 Å². The van der Waals surface area contributed by atoms with Crippen LogP contribution in [0, 0.1) is 5.92 Å². The van der Waals surface area contributed by atoms with Gasteiger partial charge in [0.25, 0.3) is 0 Å². The Morgan fingerprint density at radius 1 is 1.27 bits per heavy atom. The van der Waals surface area contributed by atoms with Crippen LogP contribution in [0.1, 0.15) is 12.1 Å². The Labute approximate surface area is 151 Å². The molecule has 0 bridgehead atoms. The predicted octanol–water partition coefficient (Wildman–Crippen LogP) is 2.09. The zero-order valence-electron chi connectivity index (χ0n) is 14.8. The quantitative estimate of drug-likeness (QED) is 0.858. The molecule has 1 unspecified atom stereocenters. The lowest BCUT2D eigenvalue weighted by Crippen LogP contribution is -2.28. The number of nitrogens with one attached hydrogen (secondary N) is 1. The number of nitrogens with zero attached hydrogens (tertiary/aromatic N) is 2. The number of benzene rings is 1. The van der Waals surface area contributed by atoms with Gasteiger partial charge in [0.05, 0.1) is 38.1 Å². The summed E-state index contributed by atoms with van der Waals surface area (Å²) in [5, 5.41) is 2.84. The van der Waals surface area contributed by atoms with Crippen LogP contribution in [0.25, 0.3) is 0 Å². The number of rotatable bonds is 6. The third-order valence-electron chi connectivity index (χ3n) is 4.33. The van der Waals surface area contributed by atoms with E-state index >= 15 is 0 Å². The minimum absolute atomic E-state index is 0.0478. The van der Waals surface area contributed by atoms with Gasteiger partial charge in [-0.2, -0.15) is 0 Å². The number of hydrogen-bond donors (Lipinski definition) is 1. The number of amides is 2. The summed E-state index contributed by atoms with van der Waals surface area (Å²) in [7, 11) is 3.09. The number of methoxy groups -OCH3 is 2. The van der Waals surface area contributed by atoms with Crippen molar-refractivity contribution in [3.05, 3.63) is 48.3 Å². The van der Waals surface area contributed by atoms with E-state index in [0.717, 1.165) is 5.69 Å². The number of carbonyl (C=O) groups is 2. The molecule has 7 nitrogen and oxygen atoms in total. The number of anilines is 1. The van der Waals surface area contributed by atoms with E-state index in [0.29, 0.717) is 30.3 Å². The number of likely N-dealkylation sites (tertiary alicyclic amines) is 1. The lowest BCUT2D eigenvalue weighted by molar-refractivity contribution is -0.128. The molecular formula is C19H21N3O4. The molecule has 0 radical (unpaired) electrons. The number of ether oxygens (including phenoxy) is 2. The lowest BCUT2D eigenvalue weighted by Gasteiger charge is -2.17. The molecular weight excluding hydrogens is 334 g/mol. The molecule has 1 N–H and O–H groups in total. The van der Waals surface area contributed by atoms with Gasteiger partial charge in [-0.15, -0.1) is 0 Å². The Kier molecular flexibility index (Phi) is 5.36. The van der Waals surface area contributed by atoms with E-state index in [2.05, 4.69) is 10.3 Å². The average molecular weight is 355 g/mol. The lowest BCUT2D eigenvalue weighted by atomic mass is 10.1. The first-order chi connectivity index (χ1) is 12.6. The van der Waals surface area contributed by atoms with E-state index in [1.807, 2.05) is 18.2 Å². The Morgan fingerprint density at radius 3 is 2.81 bits per heavy atom. The van der Waals surface area contributed by atoms with Gasteiger partial charge in [0.1, 0.15) is 11.5 Å². The third kappa shape index (κ3) is 3.93. The summed E-state index contributed by atoms with van der Waals surface area (Å²) in [5.74, 6) is 0.471. The van der Waals surface area contributed by atoms with E-state index in [1.54, 1.807) is 36.4 Å². The second-order valence-corrected chi connectivity index (χ2v) is 6.05. The zero-order valence-corrected chi connectivity index (χ0v) is 14.8. The highest BCUT2D eigenvalue weighted by Gasteiger charge is 2.34. The van der Waals surface area contributed by atoms with Gasteiger partial charge in [-0.1, -0.05) is 6.07 Å². The van der Waals surface area contributed by atoms with E-state index in [9.17, 15) is 9.59 Å². The molecule has 1 aromatic carbocycles. The third-order valence-corrected chi connectivity index (χ3v) is 4.33. The molecule has 1 fully saturated rings. The molecule has 2 amide bonds. The normalized spacial score (nSPS) is 16.5. The Bertz CT molecular complexity index is 795. The number of pyridine rings is 1. The van der Waals surface area contributed by atoms with E-state index < -0.39 is 5.92 Å². The van der Waals surface area contributed by atoms with Gasteiger partial charge >= 0.3 is 0 Å². The van der Waals surface area contributed by atoms with Crippen molar-refractivity contribution >= 4 is 17.5 Å². The van der Waals surface area contributed by atoms with Crippen LogP contribution in [-0.4, -0.2) is 42.5 Å². The van der Waals surface area contributed by atoms with Crippen molar-refractivity contribution in [3.8, 4) is 11.5 Å². The van der Waals surface area contributed by atoms with E-state index in [4.69, 9.17) is 9.47 Å². The molecule has 3 rings (SSSR count). The van der Waals surface area contributed by atoms with Crippen LogP contribution in [0.3, 0.4) is 0 Å². The average Bonchev–Trinajstić information content (AvgIpc) is 3.03. The molecule has 0 aliphatic carbocycles. The summed E-state index contributed by atoms with van der Waals surface area (Å²) < 4.78 is 10.5. The maximum atomic E-state index is 12.6. The maximum Gasteiger partial charge on any atom is 0.229 e. The topological polar surface area (TPSA) is 80.8 Å². The Balaban J connectivity index is 1.67. The van der Waals surface area contributed by atoms with Gasteiger partial charge in [0.15, 0.2) is 0 Å². The van der Waals surface area contributed by atoms with Crippen LogP contribution >= 0.6 is 0 Å². The van der Waals surface area contributed by atoms with Crippen molar-refractivity contribution in [3.63, 3.8) is 0 Å². The van der Waals surface area contributed by atoms with Crippen LogP contribution in [-0.2, 0) is 16.1 Å². The van der Waals surface area contributed by atoms with Crippen molar-refractivity contribution in [2.45, 2.75) is 13.0 Å². The Morgan fingerprint density at radius 2 is 2.12 bits per heavy atom. The van der Waals surface area contributed by atoms with Gasteiger partial charge in [0.2, 0.25) is 11.8 Å². The van der Waals surface area contributed by atoms with Crippen molar-refractivity contribution in [2.24, 2.45) is 5.92 Å². The molecule has 1 aliphatic heterocycles. The summed E-state index contributed by atoms with van der Waals surface area (Å²) in [6, 6.07) is 10.7. The standard InChI is InChI=1S/C19H21N3O4/c1-25-15-6-7-17(26-2)16(10-15)21-19(24)13-9-18(23)22(11-13)12-14-5-3-4-8-20-14/h3-8,10,13H,9,11-12H2,1-2H3,(H,21,24). The van der Waals surface area contributed by atoms with Crippen LogP contribution in [0.15, 0.2) is 42.6 Å². The van der Waals surface area contributed by atoms with E-state index in [1.165, 1.54) is 7.11 Å². The molecule has 7 heteroatoms. The summed E-state index contributed by atoms with van der Waals surface area (Å²) in [6.07, 6.45) is 1.88. The summed E-state index contributed by atoms with van der Waals surface area (Å²) in [5.41, 5.74) is 1.32. The van der Waals surface area contributed by atoms with E-state index in [-0.39, 0.29) is 18.2 Å². The largest absolute Gasteiger partial charge is 0.497 e. The monoisotopic (exact) mass is 355 g/mol. The van der Waals surface area contributed by atoms with Crippen molar-refractivity contribution in [1.82, 2.24) is 9.88 Å². The smallest absolute Gasteiger partial charge is 0.229 e. The van der Waals surface area contributed by atoms with Crippen molar-refractivity contribution in [2.75, 3.05) is 26.1 Å². The van der Waals surface area contributed by atoms with Crippen molar-refractivity contribution in [1.29, 1.82) is 0 Å².